The molecule has 14 heavy (non-hydrogen) atoms. The second kappa shape index (κ2) is 5.98. The molecule has 1 saturated heterocycles. The molecule has 0 aromatic carbocycles. The van der Waals surface area contributed by atoms with Crippen LogP contribution in [0.5, 0.6) is 0 Å². The van der Waals surface area contributed by atoms with Crippen LogP contribution in [0.1, 0.15) is 6.42 Å². The van der Waals surface area contributed by atoms with Crippen molar-refractivity contribution in [3.8, 4) is 0 Å². The maximum atomic E-state index is 11.2. The van der Waals surface area contributed by atoms with Crippen molar-refractivity contribution in [2.24, 2.45) is 0 Å². The maximum absolute atomic E-state index is 11.2. The molecule has 1 rings (SSSR count). The van der Waals surface area contributed by atoms with Crippen molar-refractivity contribution in [1.29, 1.82) is 0 Å². The van der Waals surface area contributed by atoms with Crippen molar-refractivity contribution < 1.29 is 13.7 Å². The van der Waals surface area contributed by atoms with E-state index in [-0.39, 0.29) is 12.1 Å². The van der Waals surface area contributed by atoms with Gasteiger partial charge in [-0.2, -0.15) is 0 Å². The Labute approximate surface area is 86.0 Å². The summed E-state index contributed by atoms with van der Waals surface area (Å²) < 4.78 is 15.8. The highest BCUT2D eigenvalue weighted by molar-refractivity contribution is 7.84. The quantitative estimate of drug-likeness (QED) is 0.668. The molecule has 0 bridgehead atoms. The fourth-order valence-corrected chi connectivity index (χ4v) is 1.58. The van der Waals surface area contributed by atoms with E-state index in [4.69, 9.17) is 4.74 Å². The minimum atomic E-state index is -0.853. The lowest BCUT2D eigenvalue weighted by Crippen LogP contribution is -2.43. The summed E-state index contributed by atoms with van der Waals surface area (Å²) >= 11 is 0. The number of ether oxygens (including phenoxy) is 1. The van der Waals surface area contributed by atoms with Crippen LogP contribution in [0.25, 0.3) is 0 Å². The summed E-state index contributed by atoms with van der Waals surface area (Å²) in [5, 5.41) is 5.42. The number of carbonyl (C=O) groups excluding carboxylic acids is 1. The Morgan fingerprint density at radius 3 is 3.00 bits per heavy atom. The van der Waals surface area contributed by atoms with Gasteiger partial charge in [-0.05, 0) is 6.42 Å². The third-order valence-corrected chi connectivity index (χ3v) is 2.72. The number of amides is 2. The lowest BCUT2D eigenvalue weighted by Gasteiger charge is -2.11. The molecule has 1 heterocycles. The summed E-state index contributed by atoms with van der Waals surface area (Å²) in [6.07, 6.45) is 2.48. The van der Waals surface area contributed by atoms with E-state index in [1.165, 1.54) is 0 Å². The molecule has 2 amide bonds. The zero-order valence-corrected chi connectivity index (χ0v) is 9.06. The van der Waals surface area contributed by atoms with Gasteiger partial charge < -0.3 is 15.4 Å². The molecule has 2 atom stereocenters. The van der Waals surface area contributed by atoms with Crippen LogP contribution in [0.15, 0.2) is 0 Å². The van der Waals surface area contributed by atoms with Crippen LogP contribution in [0.4, 0.5) is 4.79 Å². The van der Waals surface area contributed by atoms with Gasteiger partial charge in [0.15, 0.2) is 0 Å². The highest BCUT2D eigenvalue weighted by atomic mass is 32.2. The summed E-state index contributed by atoms with van der Waals surface area (Å²) in [6, 6.07) is -0.0759. The molecular weight excluding hydrogens is 204 g/mol. The summed E-state index contributed by atoms with van der Waals surface area (Å²) in [4.78, 5) is 11.2. The van der Waals surface area contributed by atoms with Crippen LogP contribution < -0.4 is 10.6 Å². The van der Waals surface area contributed by atoms with Crippen LogP contribution >= 0.6 is 0 Å². The molecule has 1 aliphatic rings. The molecule has 6 heteroatoms. The first-order chi connectivity index (χ1) is 6.68. The monoisotopic (exact) mass is 220 g/mol. The highest BCUT2D eigenvalue weighted by Crippen LogP contribution is 2.02. The van der Waals surface area contributed by atoms with E-state index in [0.717, 1.165) is 6.42 Å². The van der Waals surface area contributed by atoms with Crippen LogP contribution in [0.3, 0.4) is 0 Å². The highest BCUT2D eigenvalue weighted by Gasteiger charge is 2.17. The molecule has 5 nitrogen and oxygen atoms in total. The number of rotatable bonds is 4. The van der Waals surface area contributed by atoms with E-state index in [9.17, 15) is 9.00 Å². The van der Waals surface area contributed by atoms with E-state index in [1.807, 2.05) is 0 Å². The van der Waals surface area contributed by atoms with Gasteiger partial charge in [0.1, 0.15) is 0 Å². The average Bonchev–Trinajstić information content (AvgIpc) is 2.56. The number of urea groups is 1. The number of nitrogens with one attached hydrogen (secondary N) is 2. The maximum Gasteiger partial charge on any atom is 0.315 e. The SMILES string of the molecule is CS(=O)CCNC(=O)NC1CCOC1. The van der Waals surface area contributed by atoms with E-state index >= 15 is 0 Å². The fraction of sp³-hybridized carbons (Fsp3) is 0.875. The molecule has 82 valence electrons. The Morgan fingerprint density at radius 1 is 1.64 bits per heavy atom. The Balaban J connectivity index is 2.06. The van der Waals surface area contributed by atoms with Crippen LogP contribution in [-0.2, 0) is 15.5 Å². The van der Waals surface area contributed by atoms with E-state index < -0.39 is 10.8 Å². The largest absolute Gasteiger partial charge is 0.379 e. The van der Waals surface area contributed by atoms with E-state index in [2.05, 4.69) is 10.6 Å². The van der Waals surface area contributed by atoms with Gasteiger partial charge >= 0.3 is 6.03 Å². The number of hydrogen-bond acceptors (Lipinski definition) is 3. The molecule has 0 aliphatic carbocycles. The molecule has 0 spiro atoms. The van der Waals surface area contributed by atoms with Crippen molar-refractivity contribution in [3.05, 3.63) is 0 Å². The predicted molar refractivity (Wildman–Crippen MR) is 54.7 cm³/mol. The molecule has 0 aromatic rings. The van der Waals surface area contributed by atoms with Gasteiger partial charge in [0.25, 0.3) is 0 Å². The van der Waals surface area contributed by atoms with Gasteiger partial charge in [-0.25, -0.2) is 4.79 Å². The molecule has 1 fully saturated rings. The number of carbonyl (C=O) groups is 1. The second-order valence-electron chi connectivity index (χ2n) is 3.24. The van der Waals surface area contributed by atoms with Gasteiger partial charge in [0, 0.05) is 36.0 Å². The van der Waals surface area contributed by atoms with Crippen LogP contribution in [0, 0.1) is 0 Å². The minimum absolute atomic E-state index is 0.127. The molecule has 0 radical (unpaired) electrons. The van der Waals surface area contributed by atoms with Gasteiger partial charge in [0.05, 0.1) is 12.6 Å². The smallest absolute Gasteiger partial charge is 0.315 e. The first-order valence-corrected chi connectivity index (χ1v) is 6.33. The van der Waals surface area contributed by atoms with Crippen LogP contribution in [0.2, 0.25) is 0 Å². The predicted octanol–water partition coefficient (Wildman–Crippen LogP) is -0.547. The minimum Gasteiger partial charge on any atom is -0.379 e. The first-order valence-electron chi connectivity index (χ1n) is 4.60. The first kappa shape index (κ1) is 11.5. The van der Waals surface area contributed by atoms with Crippen molar-refractivity contribution in [2.45, 2.75) is 12.5 Å². The van der Waals surface area contributed by atoms with E-state index in [0.29, 0.717) is 25.5 Å². The Kier molecular flexibility index (Phi) is 4.89. The molecule has 0 saturated carbocycles. The van der Waals surface area contributed by atoms with E-state index in [1.54, 1.807) is 6.26 Å². The summed E-state index contributed by atoms with van der Waals surface area (Å²) in [6.45, 7) is 1.75. The lowest BCUT2D eigenvalue weighted by molar-refractivity contribution is 0.188. The van der Waals surface area contributed by atoms with Crippen molar-refractivity contribution >= 4 is 16.8 Å². The molecule has 2 N–H and O–H groups in total. The normalized spacial score (nSPS) is 23.1. The van der Waals surface area contributed by atoms with Gasteiger partial charge in [-0.1, -0.05) is 0 Å². The van der Waals surface area contributed by atoms with Gasteiger partial charge in [-0.15, -0.1) is 0 Å². The summed E-state index contributed by atoms with van der Waals surface area (Å²) in [5.41, 5.74) is 0. The Morgan fingerprint density at radius 2 is 2.43 bits per heavy atom. The van der Waals surface area contributed by atoms with Gasteiger partial charge in [0.2, 0.25) is 0 Å². The summed E-state index contributed by atoms with van der Waals surface area (Å²) in [7, 11) is -0.853. The number of hydrogen-bond donors (Lipinski definition) is 2. The molecular formula is C8H16N2O3S. The standard InChI is InChI=1S/C8H16N2O3S/c1-14(12)5-3-9-8(11)10-7-2-4-13-6-7/h7H,2-6H2,1H3,(H2,9,10,11). The fourth-order valence-electron chi connectivity index (χ4n) is 1.19. The molecule has 0 aromatic heterocycles. The third-order valence-electron chi connectivity index (χ3n) is 1.94. The second-order valence-corrected chi connectivity index (χ2v) is 4.79. The topological polar surface area (TPSA) is 67.4 Å². The van der Waals surface area contributed by atoms with Crippen molar-refractivity contribution in [2.75, 3.05) is 31.8 Å². The molecule has 2 unspecified atom stereocenters. The Bertz CT molecular complexity index is 217. The average molecular weight is 220 g/mol. The van der Waals surface area contributed by atoms with Crippen LogP contribution in [-0.4, -0.2) is 48.0 Å². The zero-order chi connectivity index (χ0) is 10.4. The summed E-state index contributed by atoms with van der Waals surface area (Å²) in [5.74, 6) is 0.495. The third kappa shape index (κ3) is 4.57. The van der Waals surface area contributed by atoms with Gasteiger partial charge in [-0.3, -0.25) is 4.21 Å². The van der Waals surface area contributed by atoms with Crippen molar-refractivity contribution in [1.82, 2.24) is 10.6 Å². The molecule has 1 aliphatic heterocycles. The lowest BCUT2D eigenvalue weighted by atomic mass is 10.3. The Hall–Kier alpha value is -0.620. The zero-order valence-electron chi connectivity index (χ0n) is 8.25. The van der Waals surface area contributed by atoms with Crippen molar-refractivity contribution in [3.63, 3.8) is 0 Å².